The molecular formula is C18H21FN4O2. The van der Waals surface area contributed by atoms with Crippen LogP contribution in [0.3, 0.4) is 0 Å². The maximum atomic E-state index is 13.8. The van der Waals surface area contributed by atoms with E-state index in [1.165, 1.54) is 13.0 Å². The van der Waals surface area contributed by atoms with E-state index < -0.39 is 5.82 Å². The molecule has 2 heterocycles. The van der Waals surface area contributed by atoms with Gasteiger partial charge >= 0.3 is 0 Å². The molecule has 3 rings (SSSR count). The van der Waals surface area contributed by atoms with E-state index in [0.29, 0.717) is 44.8 Å². The van der Waals surface area contributed by atoms with E-state index in [1.807, 2.05) is 11.0 Å². The summed E-state index contributed by atoms with van der Waals surface area (Å²) in [6.07, 6.45) is 1.56. The maximum absolute atomic E-state index is 13.8. The molecule has 2 aliphatic rings. The second-order valence-electron chi connectivity index (χ2n) is 6.43. The first-order chi connectivity index (χ1) is 12.0. The van der Waals surface area contributed by atoms with Gasteiger partial charge in [0.25, 0.3) is 0 Å². The van der Waals surface area contributed by atoms with Crippen LogP contribution in [0.25, 0.3) is 0 Å². The summed E-state index contributed by atoms with van der Waals surface area (Å²) in [6, 6.07) is 6.16. The van der Waals surface area contributed by atoms with Crippen LogP contribution in [0.4, 0.5) is 10.1 Å². The van der Waals surface area contributed by atoms with Gasteiger partial charge in [-0.25, -0.2) is 4.39 Å². The highest BCUT2D eigenvalue weighted by atomic mass is 19.1. The topological polar surface area (TPSA) is 67.7 Å². The normalized spacial score (nSPS) is 20.5. The highest BCUT2D eigenvalue weighted by Crippen LogP contribution is 2.25. The molecule has 6 nitrogen and oxygen atoms in total. The first kappa shape index (κ1) is 17.2. The minimum Gasteiger partial charge on any atom is -0.367 e. The second kappa shape index (κ2) is 7.09. The molecule has 132 valence electrons. The Morgan fingerprint density at radius 2 is 1.92 bits per heavy atom. The Balaban J connectivity index is 1.66. The molecule has 0 spiro atoms. The van der Waals surface area contributed by atoms with E-state index in [-0.39, 0.29) is 23.4 Å². The maximum Gasteiger partial charge on any atom is 0.245 e. The Kier molecular flexibility index (Phi) is 4.88. The Hall–Kier alpha value is -2.62. The van der Waals surface area contributed by atoms with Crippen LogP contribution in [0.5, 0.6) is 0 Å². The molecule has 0 N–H and O–H groups in total. The highest BCUT2D eigenvalue weighted by molar-refractivity contribution is 5.87. The van der Waals surface area contributed by atoms with Gasteiger partial charge in [-0.2, -0.15) is 5.26 Å². The van der Waals surface area contributed by atoms with Crippen LogP contribution >= 0.6 is 0 Å². The SMILES string of the molecule is CC(=O)N1CCCC1C(=O)N1CCN(c2cccc(F)c2C#N)CC1. The lowest BCUT2D eigenvalue weighted by molar-refractivity contribution is -0.143. The quantitative estimate of drug-likeness (QED) is 0.812. The fraction of sp³-hybridized carbons (Fsp3) is 0.500. The summed E-state index contributed by atoms with van der Waals surface area (Å²) in [4.78, 5) is 29.8. The number of piperazine rings is 1. The summed E-state index contributed by atoms with van der Waals surface area (Å²) < 4.78 is 13.8. The summed E-state index contributed by atoms with van der Waals surface area (Å²) in [6.45, 7) is 4.22. The number of hydrogen-bond donors (Lipinski definition) is 0. The number of anilines is 1. The lowest BCUT2D eigenvalue weighted by atomic mass is 10.1. The molecule has 7 heteroatoms. The summed E-state index contributed by atoms with van der Waals surface area (Å²) in [5, 5.41) is 9.18. The standard InChI is InChI=1S/C18H21FN4O2/c1-13(24)23-7-3-6-17(23)18(25)22-10-8-21(9-11-22)16-5-2-4-15(19)14(16)12-20/h2,4-5,17H,3,6-11H2,1H3. The fourth-order valence-corrected chi connectivity index (χ4v) is 3.67. The number of nitrogens with zero attached hydrogens (tertiary/aromatic N) is 4. The largest absolute Gasteiger partial charge is 0.367 e. The Bertz CT molecular complexity index is 722. The summed E-state index contributed by atoms with van der Waals surface area (Å²) >= 11 is 0. The Morgan fingerprint density at radius 1 is 1.20 bits per heavy atom. The van der Waals surface area contributed by atoms with Crippen molar-refractivity contribution >= 4 is 17.5 Å². The van der Waals surface area contributed by atoms with Crippen LogP contribution in [-0.2, 0) is 9.59 Å². The van der Waals surface area contributed by atoms with Gasteiger partial charge in [-0.15, -0.1) is 0 Å². The minimum absolute atomic E-state index is 0.00732. The number of rotatable bonds is 2. The average molecular weight is 344 g/mol. The third-order valence-electron chi connectivity index (χ3n) is 4.98. The van der Waals surface area contributed by atoms with Crippen molar-refractivity contribution in [2.45, 2.75) is 25.8 Å². The Labute approximate surface area is 146 Å². The number of amides is 2. The van der Waals surface area contributed by atoms with Gasteiger partial charge in [-0.05, 0) is 25.0 Å². The van der Waals surface area contributed by atoms with E-state index in [4.69, 9.17) is 0 Å². The van der Waals surface area contributed by atoms with Gasteiger partial charge in [-0.1, -0.05) is 6.07 Å². The molecule has 0 saturated carbocycles. The zero-order valence-electron chi connectivity index (χ0n) is 14.2. The number of benzene rings is 1. The van der Waals surface area contributed by atoms with Gasteiger partial charge in [0.15, 0.2) is 0 Å². The van der Waals surface area contributed by atoms with Gasteiger partial charge in [-0.3, -0.25) is 9.59 Å². The fourth-order valence-electron chi connectivity index (χ4n) is 3.67. The molecular weight excluding hydrogens is 323 g/mol. The molecule has 1 atom stereocenters. The van der Waals surface area contributed by atoms with Crippen molar-refractivity contribution in [2.24, 2.45) is 0 Å². The van der Waals surface area contributed by atoms with Crippen LogP contribution in [0.15, 0.2) is 18.2 Å². The van der Waals surface area contributed by atoms with E-state index in [1.54, 1.807) is 21.9 Å². The second-order valence-corrected chi connectivity index (χ2v) is 6.43. The van der Waals surface area contributed by atoms with Crippen molar-refractivity contribution in [1.82, 2.24) is 9.80 Å². The van der Waals surface area contributed by atoms with E-state index in [9.17, 15) is 19.2 Å². The number of halogens is 1. The first-order valence-electron chi connectivity index (χ1n) is 8.52. The number of hydrogen-bond acceptors (Lipinski definition) is 4. The minimum atomic E-state index is -0.526. The summed E-state index contributed by atoms with van der Waals surface area (Å²) in [5.41, 5.74) is 0.613. The van der Waals surface area contributed by atoms with Crippen LogP contribution in [0.2, 0.25) is 0 Å². The molecule has 1 aromatic rings. The third kappa shape index (κ3) is 3.29. The first-order valence-corrected chi connectivity index (χ1v) is 8.52. The van der Waals surface area contributed by atoms with E-state index >= 15 is 0 Å². The van der Waals surface area contributed by atoms with Crippen LogP contribution in [-0.4, -0.2) is 60.4 Å². The molecule has 1 aromatic carbocycles. The van der Waals surface area contributed by atoms with Crippen molar-refractivity contribution in [3.05, 3.63) is 29.6 Å². The Morgan fingerprint density at radius 3 is 2.56 bits per heavy atom. The van der Waals surface area contributed by atoms with Gasteiger partial charge in [0.1, 0.15) is 23.5 Å². The molecule has 2 amide bonds. The molecule has 0 radical (unpaired) electrons. The number of carbonyl (C=O) groups is 2. The van der Waals surface area contributed by atoms with Gasteiger partial charge in [0.05, 0.1) is 5.69 Å². The smallest absolute Gasteiger partial charge is 0.245 e. The number of carbonyl (C=O) groups excluding carboxylic acids is 2. The lowest BCUT2D eigenvalue weighted by Crippen LogP contribution is -2.54. The van der Waals surface area contributed by atoms with E-state index in [0.717, 1.165) is 6.42 Å². The molecule has 0 bridgehead atoms. The third-order valence-corrected chi connectivity index (χ3v) is 4.98. The molecule has 0 aliphatic carbocycles. The van der Waals surface area contributed by atoms with Gasteiger partial charge < -0.3 is 14.7 Å². The van der Waals surface area contributed by atoms with Crippen molar-refractivity contribution in [3.8, 4) is 6.07 Å². The van der Waals surface area contributed by atoms with Crippen molar-refractivity contribution in [2.75, 3.05) is 37.6 Å². The van der Waals surface area contributed by atoms with Crippen LogP contribution in [0.1, 0.15) is 25.3 Å². The van der Waals surface area contributed by atoms with E-state index in [2.05, 4.69) is 0 Å². The molecule has 2 aliphatic heterocycles. The number of nitriles is 1. The van der Waals surface area contributed by atoms with Crippen molar-refractivity contribution in [1.29, 1.82) is 5.26 Å². The lowest BCUT2D eigenvalue weighted by Gasteiger charge is -2.38. The molecule has 0 aromatic heterocycles. The van der Waals surface area contributed by atoms with Crippen LogP contribution in [0, 0.1) is 17.1 Å². The zero-order valence-corrected chi connectivity index (χ0v) is 14.2. The summed E-state index contributed by atoms with van der Waals surface area (Å²) in [5.74, 6) is -0.596. The zero-order chi connectivity index (χ0) is 18.0. The monoisotopic (exact) mass is 344 g/mol. The predicted octanol–water partition coefficient (Wildman–Crippen LogP) is 1.36. The highest BCUT2D eigenvalue weighted by Gasteiger charge is 2.36. The molecule has 25 heavy (non-hydrogen) atoms. The average Bonchev–Trinajstić information content (AvgIpc) is 3.11. The molecule has 2 fully saturated rings. The molecule has 2 saturated heterocycles. The number of likely N-dealkylation sites (tertiary alicyclic amines) is 1. The predicted molar refractivity (Wildman–Crippen MR) is 90.3 cm³/mol. The van der Waals surface area contributed by atoms with Gasteiger partial charge in [0.2, 0.25) is 11.8 Å². The molecule has 1 unspecified atom stereocenters. The van der Waals surface area contributed by atoms with Gasteiger partial charge in [0, 0.05) is 39.6 Å². The van der Waals surface area contributed by atoms with Crippen molar-refractivity contribution < 1.29 is 14.0 Å². The van der Waals surface area contributed by atoms with Crippen LogP contribution < -0.4 is 4.90 Å². The summed E-state index contributed by atoms with van der Waals surface area (Å²) in [7, 11) is 0. The van der Waals surface area contributed by atoms with Crippen molar-refractivity contribution in [3.63, 3.8) is 0 Å².